The second-order valence-corrected chi connectivity index (χ2v) is 11.6. The van der Waals surface area contributed by atoms with Crippen LogP contribution in [-0.2, 0) is 0 Å². The number of methoxy groups -OCH3 is 2. The minimum absolute atomic E-state index is 0.194. The van der Waals surface area contributed by atoms with E-state index in [1.54, 1.807) is 14.2 Å². The minimum Gasteiger partial charge on any atom is -0.496 e. The zero-order chi connectivity index (χ0) is 15.7. The van der Waals surface area contributed by atoms with E-state index in [0.29, 0.717) is 28.4 Å². The molecule has 3 rings (SSSR count). The first kappa shape index (κ1) is 16.1. The van der Waals surface area contributed by atoms with Crippen LogP contribution < -0.4 is 9.47 Å². The lowest BCUT2D eigenvalue weighted by Gasteiger charge is -2.35. The average molecular weight is 339 g/mol. The van der Waals surface area contributed by atoms with Crippen LogP contribution in [0.1, 0.15) is 48.9 Å². The Morgan fingerprint density at radius 2 is 1.55 bits per heavy atom. The van der Waals surface area contributed by atoms with Crippen molar-refractivity contribution >= 4 is 24.2 Å². The van der Waals surface area contributed by atoms with Crippen molar-refractivity contribution in [2.24, 2.45) is 0 Å². The molecule has 3 nitrogen and oxygen atoms in total. The molecule has 0 N–H and O–H groups in total. The Bertz CT molecular complexity index is 539. The summed E-state index contributed by atoms with van der Waals surface area (Å²) in [6.07, 6.45) is 7.09. The molecule has 2 atom stereocenters. The average Bonchev–Trinajstić information content (AvgIpc) is 2.74. The number of ether oxygens (including phenoxy) is 2. The van der Waals surface area contributed by atoms with Gasteiger partial charge in [0.2, 0.25) is 0 Å². The topological polar surface area (TPSA) is 35.5 Å². The summed E-state index contributed by atoms with van der Waals surface area (Å²) >= 11 is 5.10. The maximum Gasteiger partial charge on any atom is 0.197 e. The van der Waals surface area contributed by atoms with Crippen molar-refractivity contribution in [2.45, 2.75) is 49.8 Å². The second-order valence-electron chi connectivity index (χ2n) is 6.25. The van der Waals surface area contributed by atoms with E-state index in [9.17, 15) is 4.79 Å². The van der Waals surface area contributed by atoms with Gasteiger partial charge in [-0.05, 0) is 55.6 Å². The van der Waals surface area contributed by atoms with Gasteiger partial charge in [0.25, 0.3) is 0 Å². The van der Waals surface area contributed by atoms with Gasteiger partial charge in [-0.25, -0.2) is 0 Å². The fourth-order valence-electron chi connectivity index (χ4n) is 4.09. The molecule has 2 heterocycles. The predicted octanol–water partition coefficient (Wildman–Crippen LogP) is 4.81. The molecule has 2 unspecified atom stereocenters. The van der Waals surface area contributed by atoms with Crippen molar-refractivity contribution in [1.82, 2.24) is 0 Å². The molecule has 0 saturated carbocycles. The number of hydrogen-bond donors (Lipinski definition) is 1. The normalized spacial score (nSPS) is 30.7. The molecule has 121 valence electrons. The first-order chi connectivity index (χ1) is 10.6. The number of fused-ring (bicyclic) bond motifs is 2. The standard InChI is InChI=1S/C17H24O3PS/c1-19-14-8-5-9-15(20-2)16(14)17(18)21(22)12-6-3-4-7-13(21)11-10-12/h5,8-9,12-13,22H,3-4,6-7,10-11H2,1-2H3. The fraction of sp³-hybridized carbons (Fsp3) is 0.588. The summed E-state index contributed by atoms with van der Waals surface area (Å²) in [5.41, 5.74) is 1.75. The summed E-state index contributed by atoms with van der Waals surface area (Å²) in [4.78, 5) is 13.5. The molecule has 2 bridgehead atoms. The molecule has 0 aliphatic carbocycles. The van der Waals surface area contributed by atoms with Gasteiger partial charge in [0.1, 0.15) is 17.1 Å². The summed E-state index contributed by atoms with van der Waals surface area (Å²) in [7, 11) is 3.22. The monoisotopic (exact) mass is 339 g/mol. The van der Waals surface area contributed by atoms with Crippen molar-refractivity contribution in [3.05, 3.63) is 23.8 Å². The number of benzene rings is 1. The fourth-order valence-corrected chi connectivity index (χ4v) is 9.85. The van der Waals surface area contributed by atoms with Gasteiger partial charge in [0, 0.05) is 0 Å². The van der Waals surface area contributed by atoms with Crippen LogP contribution in [0.3, 0.4) is 0 Å². The molecular weight excluding hydrogens is 315 g/mol. The van der Waals surface area contributed by atoms with Gasteiger partial charge in [-0.2, -0.15) is 0 Å². The SMILES string of the molecule is COc1cccc(OC)c1C(=O)[P]1(S)C2CCCCC1CC2. The maximum atomic E-state index is 13.5. The number of rotatable bonds is 4. The zero-order valence-corrected chi connectivity index (χ0v) is 15.0. The van der Waals surface area contributed by atoms with E-state index in [1.165, 1.54) is 12.8 Å². The third-order valence-corrected chi connectivity index (χ3v) is 11.9. The van der Waals surface area contributed by atoms with E-state index < -0.39 is 6.46 Å². The molecule has 2 saturated heterocycles. The first-order valence-electron chi connectivity index (χ1n) is 8.00. The molecule has 2 aliphatic rings. The molecule has 0 amide bonds. The van der Waals surface area contributed by atoms with E-state index in [0.717, 1.165) is 25.7 Å². The molecule has 1 radical (unpaired) electrons. The van der Waals surface area contributed by atoms with Gasteiger partial charge in [0.15, 0.2) is 5.52 Å². The zero-order valence-electron chi connectivity index (χ0n) is 13.2. The summed E-state index contributed by atoms with van der Waals surface area (Å²) in [5, 5.41) is 0. The summed E-state index contributed by atoms with van der Waals surface area (Å²) in [6, 6.07) is 5.55. The van der Waals surface area contributed by atoms with Crippen molar-refractivity contribution in [3.63, 3.8) is 0 Å². The Labute approximate surface area is 138 Å². The third kappa shape index (κ3) is 2.45. The lowest BCUT2D eigenvalue weighted by Crippen LogP contribution is -2.18. The highest BCUT2D eigenvalue weighted by Gasteiger charge is 2.52. The van der Waals surface area contributed by atoms with Crippen LogP contribution in [0.2, 0.25) is 0 Å². The van der Waals surface area contributed by atoms with Gasteiger partial charge in [-0.1, -0.05) is 18.9 Å². The molecule has 2 fully saturated rings. The number of thiol groups is 1. The van der Waals surface area contributed by atoms with Gasteiger partial charge >= 0.3 is 0 Å². The number of carbonyl (C=O) groups is 1. The van der Waals surface area contributed by atoms with E-state index in [-0.39, 0.29) is 5.52 Å². The number of carbonyl (C=O) groups excluding carboxylic acids is 1. The van der Waals surface area contributed by atoms with Crippen molar-refractivity contribution in [1.29, 1.82) is 0 Å². The molecule has 1 aromatic rings. The van der Waals surface area contributed by atoms with Crippen molar-refractivity contribution < 1.29 is 14.3 Å². The van der Waals surface area contributed by atoms with E-state index in [1.807, 2.05) is 18.2 Å². The Morgan fingerprint density at radius 3 is 2.00 bits per heavy atom. The summed E-state index contributed by atoms with van der Waals surface area (Å²) in [6.45, 7) is -1.98. The Hall–Kier alpha value is -0.730. The van der Waals surface area contributed by atoms with Crippen LogP contribution in [0.5, 0.6) is 11.5 Å². The Kier molecular flexibility index (Phi) is 4.70. The van der Waals surface area contributed by atoms with Crippen molar-refractivity contribution in [3.8, 4) is 11.5 Å². The van der Waals surface area contributed by atoms with Gasteiger partial charge < -0.3 is 9.47 Å². The lowest BCUT2D eigenvalue weighted by molar-refractivity contribution is 0.107. The highest BCUT2D eigenvalue weighted by atomic mass is 32.7. The van der Waals surface area contributed by atoms with Gasteiger partial charge in [-0.3, -0.25) is 4.79 Å². The van der Waals surface area contributed by atoms with Gasteiger partial charge in [-0.15, -0.1) is 12.2 Å². The van der Waals surface area contributed by atoms with Crippen LogP contribution in [0.4, 0.5) is 0 Å². The van der Waals surface area contributed by atoms with Crippen LogP contribution in [0, 0.1) is 0 Å². The lowest BCUT2D eigenvalue weighted by atomic mass is 10.0. The third-order valence-electron chi connectivity index (χ3n) is 5.24. The summed E-state index contributed by atoms with van der Waals surface area (Å²) in [5.74, 6) is 1.22. The Morgan fingerprint density at radius 1 is 1.05 bits per heavy atom. The number of hydrogen-bond acceptors (Lipinski definition) is 4. The maximum absolute atomic E-state index is 13.5. The molecule has 5 heteroatoms. The smallest absolute Gasteiger partial charge is 0.197 e. The first-order valence-corrected chi connectivity index (χ1v) is 11.1. The molecule has 2 aliphatic heterocycles. The molecular formula is C17H24O3PS. The van der Waals surface area contributed by atoms with Crippen LogP contribution in [0.25, 0.3) is 0 Å². The quantitative estimate of drug-likeness (QED) is 0.631. The highest BCUT2D eigenvalue weighted by molar-refractivity contribution is 8.59. The minimum atomic E-state index is -1.98. The molecule has 22 heavy (non-hydrogen) atoms. The molecule has 1 aromatic carbocycles. The van der Waals surface area contributed by atoms with E-state index >= 15 is 0 Å². The second kappa shape index (κ2) is 6.41. The van der Waals surface area contributed by atoms with E-state index in [4.69, 9.17) is 21.7 Å². The highest BCUT2D eigenvalue weighted by Crippen LogP contribution is 2.81. The largest absolute Gasteiger partial charge is 0.496 e. The van der Waals surface area contributed by atoms with Crippen LogP contribution in [-0.4, -0.2) is 31.1 Å². The van der Waals surface area contributed by atoms with Crippen molar-refractivity contribution in [2.75, 3.05) is 14.2 Å². The Balaban J connectivity index is 2.07. The van der Waals surface area contributed by atoms with Crippen LogP contribution in [0.15, 0.2) is 18.2 Å². The molecule has 0 spiro atoms. The van der Waals surface area contributed by atoms with Crippen LogP contribution >= 0.6 is 18.7 Å². The predicted molar refractivity (Wildman–Crippen MR) is 95.1 cm³/mol. The summed E-state index contributed by atoms with van der Waals surface area (Å²) < 4.78 is 10.9. The van der Waals surface area contributed by atoms with Gasteiger partial charge in [0.05, 0.1) is 14.2 Å². The van der Waals surface area contributed by atoms with E-state index in [2.05, 4.69) is 0 Å². The molecule has 0 aromatic heterocycles.